The van der Waals surface area contributed by atoms with E-state index >= 15 is 0 Å². The van der Waals surface area contributed by atoms with Gasteiger partial charge in [0.05, 0.1) is 22.4 Å². The number of nitrogens with zero attached hydrogens (tertiary/aromatic N) is 3. The van der Waals surface area contributed by atoms with Gasteiger partial charge in [0, 0.05) is 19.1 Å². The summed E-state index contributed by atoms with van der Waals surface area (Å²) in [5.74, 6) is 0.428. The Morgan fingerprint density at radius 3 is 2.59 bits per heavy atom. The summed E-state index contributed by atoms with van der Waals surface area (Å²) in [6.07, 6.45) is 4.30. The van der Waals surface area contributed by atoms with Gasteiger partial charge in [0.15, 0.2) is 5.82 Å². The number of aromatic nitrogens is 2. The Labute approximate surface area is 167 Å². The van der Waals surface area contributed by atoms with Crippen molar-refractivity contribution in [2.75, 3.05) is 25.6 Å². The van der Waals surface area contributed by atoms with Crippen molar-refractivity contribution in [1.29, 1.82) is 0 Å². The maximum atomic E-state index is 12.9. The smallest absolute Gasteiger partial charge is 0.256 e. The lowest BCUT2D eigenvalue weighted by molar-refractivity contribution is 0.0919. The van der Waals surface area contributed by atoms with Crippen LogP contribution in [0.5, 0.6) is 0 Å². The molecule has 1 amide bonds. The third-order valence-electron chi connectivity index (χ3n) is 4.48. The molecule has 0 saturated carbocycles. The van der Waals surface area contributed by atoms with Crippen molar-refractivity contribution in [3.63, 3.8) is 0 Å². The summed E-state index contributed by atoms with van der Waals surface area (Å²) in [5, 5.41) is 5.64. The van der Waals surface area contributed by atoms with E-state index in [0.717, 1.165) is 4.88 Å². The first-order valence-corrected chi connectivity index (χ1v) is 12.5. The van der Waals surface area contributed by atoms with Crippen molar-refractivity contribution in [1.82, 2.24) is 19.6 Å². The predicted octanol–water partition coefficient (Wildman–Crippen LogP) is 2.39. The fourth-order valence-corrected chi connectivity index (χ4v) is 5.22. The largest absolute Gasteiger partial charge is 0.349 e. The number of hydrogen-bond acceptors (Lipinski definition) is 7. The Balaban J connectivity index is 1.75. The highest BCUT2D eigenvalue weighted by Crippen LogP contribution is 2.27. The van der Waals surface area contributed by atoms with Crippen LogP contribution >= 0.6 is 23.1 Å². The minimum atomic E-state index is -3.18. The molecule has 10 heteroatoms. The molecule has 1 aliphatic rings. The quantitative estimate of drug-likeness (QED) is 0.583. The van der Waals surface area contributed by atoms with Gasteiger partial charge in [-0.3, -0.25) is 4.79 Å². The van der Waals surface area contributed by atoms with E-state index in [2.05, 4.69) is 15.3 Å². The zero-order chi connectivity index (χ0) is 19.6. The highest BCUT2D eigenvalue weighted by atomic mass is 32.2. The number of amides is 1. The number of thioether (sulfide) groups is 1. The van der Waals surface area contributed by atoms with Gasteiger partial charge in [0.2, 0.25) is 10.0 Å². The van der Waals surface area contributed by atoms with E-state index in [1.807, 2.05) is 30.7 Å². The van der Waals surface area contributed by atoms with E-state index in [4.69, 9.17) is 0 Å². The molecule has 1 N–H and O–H groups in total. The summed E-state index contributed by atoms with van der Waals surface area (Å²) in [7, 11) is -3.18. The molecule has 3 heterocycles. The minimum absolute atomic E-state index is 0.0541. The Morgan fingerprint density at radius 1 is 1.33 bits per heavy atom. The SMILES string of the molecule is CSc1nc(-c2cccs2)nc(C)c1C(=O)NC1CCN(S(C)(=O)=O)CC1. The molecule has 0 radical (unpaired) electrons. The number of aryl methyl sites for hydroxylation is 1. The molecule has 1 aliphatic heterocycles. The van der Waals surface area contributed by atoms with Crippen LogP contribution in [0, 0.1) is 6.92 Å². The maximum Gasteiger partial charge on any atom is 0.256 e. The molecule has 146 valence electrons. The summed E-state index contributed by atoms with van der Waals surface area (Å²) in [6, 6.07) is 3.85. The second-order valence-electron chi connectivity index (χ2n) is 6.40. The third-order valence-corrected chi connectivity index (χ3v) is 7.33. The average Bonchev–Trinajstić information content (AvgIpc) is 3.15. The lowest BCUT2D eigenvalue weighted by atomic mass is 10.1. The van der Waals surface area contributed by atoms with E-state index in [1.54, 1.807) is 11.3 Å². The number of thiophene rings is 1. The van der Waals surface area contributed by atoms with Gasteiger partial charge >= 0.3 is 0 Å². The van der Waals surface area contributed by atoms with E-state index in [9.17, 15) is 13.2 Å². The highest BCUT2D eigenvalue weighted by Gasteiger charge is 2.27. The zero-order valence-corrected chi connectivity index (χ0v) is 17.9. The molecule has 0 unspecified atom stereocenters. The summed E-state index contributed by atoms with van der Waals surface area (Å²) < 4.78 is 24.7. The van der Waals surface area contributed by atoms with E-state index < -0.39 is 10.0 Å². The fourth-order valence-electron chi connectivity index (χ4n) is 3.06. The number of carbonyl (C=O) groups is 1. The molecule has 0 atom stereocenters. The van der Waals surface area contributed by atoms with E-state index in [1.165, 1.54) is 22.3 Å². The number of piperidine rings is 1. The van der Waals surface area contributed by atoms with Crippen molar-refractivity contribution in [2.45, 2.75) is 30.8 Å². The molecule has 0 aliphatic carbocycles. The van der Waals surface area contributed by atoms with Gasteiger partial charge in [0.1, 0.15) is 5.03 Å². The molecule has 3 rings (SSSR count). The van der Waals surface area contributed by atoms with Crippen LogP contribution in [0.25, 0.3) is 10.7 Å². The first kappa shape index (κ1) is 20.2. The number of carbonyl (C=O) groups excluding carboxylic acids is 1. The molecule has 1 fully saturated rings. The molecular weight excluding hydrogens is 404 g/mol. The molecule has 0 aromatic carbocycles. The molecule has 27 heavy (non-hydrogen) atoms. The molecule has 1 saturated heterocycles. The normalized spacial score (nSPS) is 16.4. The van der Waals surface area contributed by atoms with Crippen LogP contribution in [-0.4, -0.2) is 60.2 Å². The molecule has 0 spiro atoms. The molecule has 7 nitrogen and oxygen atoms in total. The number of nitrogens with one attached hydrogen (secondary N) is 1. The molecule has 0 bridgehead atoms. The van der Waals surface area contributed by atoms with Gasteiger partial charge in [-0.25, -0.2) is 22.7 Å². The van der Waals surface area contributed by atoms with Gasteiger partial charge in [-0.15, -0.1) is 23.1 Å². The van der Waals surface area contributed by atoms with Crippen LogP contribution in [0.3, 0.4) is 0 Å². The van der Waals surface area contributed by atoms with E-state index in [0.29, 0.717) is 48.0 Å². The predicted molar refractivity (Wildman–Crippen MR) is 109 cm³/mol. The number of rotatable bonds is 5. The third kappa shape index (κ3) is 4.68. The van der Waals surface area contributed by atoms with Crippen molar-refractivity contribution >= 4 is 39.0 Å². The van der Waals surface area contributed by atoms with Gasteiger partial charge in [-0.1, -0.05) is 6.07 Å². The first-order chi connectivity index (χ1) is 12.8. The zero-order valence-electron chi connectivity index (χ0n) is 15.4. The topological polar surface area (TPSA) is 92.3 Å². The number of hydrogen-bond donors (Lipinski definition) is 1. The van der Waals surface area contributed by atoms with Crippen LogP contribution in [0.1, 0.15) is 28.9 Å². The Morgan fingerprint density at radius 2 is 2.04 bits per heavy atom. The van der Waals surface area contributed by atoms with Crippen LogP contribution < -0.4 is 5.32 Å². The van der Waals surface area contributed by atoms with Gasteiger partial charge in [0.25, 0.3) is 5.91 Å². The molecule has 2 aromatic rings. The maximum absolute atomic E-state index is 12.9. The van der Waals surface area contributed by atoms with Crippen molar-refractivity contribution in [3.05, 3.63) is 28.8 Å². The van der Waals surface area contributed by atoms with Crippen molar-refractivity contribution < 1.29 is 13.2 Å². The van der Waals surface area contributed by atoms with Crippen LogP contribution in [0.2, 0.25) is 0 Å². The lowest BCUT2D eigenvalue weighted by Crippen LogP contribution is -2.46. The Hall–Kier alpha value is -1.49. The summed E-state index contributed by atoms with van der Waals surface area (Å²) >= 11 is 2.98. The Kier molecular flexibility index (Phi) is 6.19. The average molecular weight is 427 g/mol. The highest BCUT2D eigenvalue weighted by molar-refractivity contribution is 7.98. The summed E-state index contributed by atoms with van der Waals surface area (Å²) in [6.45, 7) is 2.66. The van der Waals surface area contributed by atoms with E-state index in [-0.39, 0.29) is 11.9 Å². The second kappa shape index (κ2) is 8.26. The molecule has 2 aromatic heterocycles. The van der Waals surface area contributed by atoms with Gasteiger partial charge < -0.3 is 5.32 Å². The first-order valence-electron chi connectivity index (χ1n) is 8.52. The van der Waals surface area contributed by atoms with Crippen LogP contribution in [0.4, 0.5) is 0 Å². The summed E-state index contributed by atoms with van der Waals surface area (Å²) in [4.78, 5) is 22.9. The Bertz CT molecular complexity index is 921. The standard InChI is InChI=1S/C17H22N4O3S3/c1-11-14(17(25-2)20-15(18-11)13-5-4-10-26-13)16(22)19-12-6-8-21(9-7-12)27(3,23)24/h4-5,10,12H,6-9H2,1-3H3,(H,19,22). The molecular formula is C17H22N4O3S3. The summed E-state index contributed by atoms with van der Waals surface area (Å²) in [5.41, 5.74) is 1.14. The minimum Gasteiger partial charge on any atom is -0.349 e. The van der Waals surface area contributed by atoms with Gasteiger partial charge in [-0.2, -0.15) is 0 Å². The van der Waals surface area contributed by atoms with Crippen molar-refractivity contribution in [3.8, 4) is 10.7 Å². The lowest BCUT2D eigenvalue weighted by Gasteiger charge is -2.30. The fraction of sp³-hybridized carbons (Fsp3) is 0.471. The monoisotopic (exact) mass is 426 g/mol. The number of sulfonamides is 1. The van der Waals surface area contributed by atoms with Gasteiger partial charge in [-0.05, 0) is 37.5 Å². The van der Waals surface area contributed by atoms with Crippen LogP contribution in [-0.2, 0) is 10.0 Å². The van der Waals surface area contributed by atoms with Crippen LogP contribution in [0.15, 0.2) is 22.5 Å². The second-order valence-corrected chi connectivity index (χ2v) is 10.1. The van der Waals surface area contributed by atoms with Crippen molar-refractivity contribution in [2.24, 2.45) is 0 Å².